The number of aromatic hydroxyl groups is 1. The topological polar surface area (TPSA) is 29.0 Å². The maximum atomic E-state index is 8.79. The summed E-state index contributed by atoms with van der Waals surface area (Å²) < 4.78 is 3.57. The molecule has 1 heterocycles. The van der Waals surface area contributed by atoms with Gasteiger partial charge in [0, 0.05) is 0 Å². The summed E-state index contributed by atoms with van der Waals surface area (Å²) in [5.41, 5.74) is 0. The third-order valence-electron chi connectivity index (χ3n) is 1.14. The highest BCUT2D eigenvalue weighted by Gasteiger charge is 2.00. The second kappa shape index (κ2) is 1.51. The first-order valence-electron chi connectivity index (χ1n) is 2.41. The van der Waals surface area contributed by atoms with E-state index >= 15 is 0 Å². The molecule has 1 N–H and O–H groups in total. The van der Waals surface area contributed by atoms with Gasteiger partial charge in [0.1, 0.15) is 6.20 Å². The van der Waals surface area contributed by atoms with Crippen LogP contribution in [0.1, 0.15) is 0 Å². The van der Waals surface area contributed by atoms with Crippen LogP contribution in [0.25, 0.3) is 0 Å². The Morgan fingerprint density at radius 3 is 2.50 bits per heavy atom. The minimum atomic E-state index is 0.301. The largest absolute Gasteiger partial charge is 0.501 e. The first kappa shape index (κ1) is 5.15. The lowest BCUT2D eigenvalue weighted by Crippen LogP contribution is -2.35. The number of aromatic nitrogens is 2. The molecule has 1 aromatic heterocycles. The second-order valence-corrected chi connectivity index (χ2v) is 1.83. The van der Waals surface area contributed by atoms with E-state index in [0.29, 0.717) is 5.75 Å². The molecule has 3 nitrogen and oxygen atoms in total. The average Bonchev–Trinajstić information content (AvgIpc) is 1.85. The Bertz CT molecular complexity index is 173. The molecule has 0 aromatic carbocycles. The van der Waals surface area contributed by atoms with Gasteiger partial charge in [-0.1, -0.05) is 0 Å². The molecule has 0 amide bonds. The summed E-state index contributed by atoms with van der Waals surface area (Å²) in [6, 6.07) is 0. The molecule has 1 aromatic rings. The van der Waals surface area contributed by atoms with Crippen LogP contribution >= 0.6 is 0 Å². The van der Waals surface area contributed by atoms with Crippen LogP contribution in [0, 0.1) is 0 Å². The van der Waals surface area contributed by atoms with Gasteiger partial charge in [0.2, 0.25) is 11.9 Å². The van der Waals surface area contributed by atoms with E-state index in [1.807, 2.05) is 14.1 Å². The molecule has 0 radical (unpaired) electrons. The first-order chi connectivity index (χ1) is 3.70. The molecule has 44 valence electrons. The molecule has 0 atom stereocenters. The van der Waals surface area contributed by atoms with Crippen molar-refractivity contribution in [2.45, 2.75) is 0 Å². The molecule has 3 heteroatoms. The van der Waals surface area contributed by atoms with Gasteiger partial charge in [-0.3, -0.25) is 0 Å². The standard InChI is InChI=1S/C5H8N2O/c1-6-3-5(8)4-7(6)2/h3-4H,1-2H3/p+1. The summed E-state index contributed by atoms with van der Waals surface area (Å²) in [5.74, 6) is 0.301. The van der Waals surface area contributed by atoms with Crippen molar-refractivity contribution >= 4 is 0 Å². The van der Waals surface area contributed by atoms with Crippen molar-refractivity contribution in [2.24, 2.45) is 14.1 Å². The zero-order chi connectivity index (χ0) is 6.15. The van der Waals surface area contributed by atoms with E-state index in [0.717, 1.165) is 0 Å². The van der Waals surface area contributed by atoms with Crippen molar-refractivity contribution in [1.82, 2.24) is 4.68 Å². The molecule has 0 fully saturated rings. The van der Waals surface area contributed by atoms with E-state index in [1.165, 1.54) is 0 Å². The molecule has 8 heavy (non-hydrogen) atoms. The van der Waals surface area contributed by atoms with Crippen molar-refractivity contribution in [3.63, 3.8) is 0 Å². The van der Waals surface area contributed by atoms with Gasteiger partial charge >= 0.3 is 0 Å². The van der Waals surface area contributed by atoms with Gasteiger partial charge in [-0.05, 0) is 0 Å². The van der Waals surface area contributed by atoms with E-state index in [9.17, 15) is 0 Å². The molecule has 1 rings (SSSR count). The Hall–Kier alpha value is -0.990. The fraction of sp³-hybridized carbons (Fsp3) is 0.400. The number of hydrogen-bond acceptors (Lipinski definition) is 1. The number of nitrogens with zero attached hydrogens (tertiary/aromatic N) is 2. The SMILES string of the molecule is Cn1cc(O)c[n+]1C. The third-order valence-corrected chi connectivity index (χ3v) is 1.14. The monoisotopic (exact) mass is 113 g/mol. The molecule has 0 saturated heterocycles. The first-order valence-corrected chi connectivity index (χ1v) is 2.41. The van der Waals surface area contributed by atoms with Gasteiger partial charge in [0.25, 0.3) is 0 Å². The van der Waals surface area contributed by atoms with E-state index in [2.05, 4.69) is 0 Å². The Morgan fingerprint density at radius 1 is 1.75 bits per heavy atom. The van der Waals surface area contributed by atoms with Gasteiger partial charge in [-0.15, -0.1) is 4.68 Å². The van der Waals surface area contributed by atoms with Crippen LogP contribution in [0.4, 0.5) is 0 Å². The number of hydrogen-bond donors (Lipinski definition) is 1. The van der Waals surface area contributed by atoms with E-state index in [-0.39, 0.29) is 0 Å². The Kier molecular flexibility index (Phi) is 0.970. The summed E-state index contributed by atoms with van der Waals surface area (Å²) in [6.45, 7) is 0. The summed E-state index contributed by atoms with van der Waals surface area (Å²) in [5, 5.41) is 8.79. The lowest BCUT2D eigenvalue weighted by atomic mass is 10.7. The van der Waals surface area contributed by atoms with Crippen molar-refractivity contribution in [3.05, 3.63) is 12.4 Å². The highest BCUT2D eigenvalue weighted by molar-refractivity contribution is 5.04. The van der Waals surface area contributed by atoms with E-state index in [4.69, 9.17) is 5.11 Å². The normalized spacial score (nSPS) is 9.75. The van der Waals surface area contributed by atoms with E-state index < -0.39 is 0 Å². The fourth-order valence-electron chi connectivity index (χ4n) is 0.598. The van der Waals surface area contributed by atoms with Gasteiger partial charge in [0.05, 0.1) is 7.05 Å². The van der Waals surface area contributed by atoms with Crippen LogP contribution < -0.4 is 4.68 Å². The lowest BCUT2D eigenvalue weighted by Gasteiger charge is -1.81. The zero-order valence-corrected chi connectivity index (χ0v) is 5.00. The average molecular weight is 113 g/mol. The molecule has 0 spiro atoms. The van der Waals surface area contributed by atoms with E-state index in [1.54, 1.807) is 21.8 Å². The van der Waals surface area contributed by atoms with Gasteiger partial charge in [-0.25, -0.2) is 0 Å². The molecule has 0 unspecified atom stereocenters. The molecule has 0 aliphatic heterocycles. The Labute approximate surface area is 47.8 Å². The lowest BCUT2D eigenvalue weighted by molar-refractivity contribution is -0.751. The minimum absolute atomic E-state index is 0.301. The van der Waals surface area contributed by atoms with Gasteiger partial charge in [-0.2, -0.15) is 4.68 Å². The molecular formula is C5H9N2O+. The molecule has 0 saturated carbocycles. The summed E-state index contributed by atoms with van der Waals surface area (Å²) in [4.78, 5) is 0. The maximum Gasteiger partial charge on any atom is 0.236 e. The van der Waals surface area contributed by atoms with Crippen LogP contribution in [-0.4, -0.2) is 9.79 Å². The van der Waals surface area contributed by atoms with Crippen molar-refractivity contribution in [3.8, 4) is 5.75 Å². The summed E-state index contributed by atoms with van der Waals surface area (Å²) in [6.07, 6.45) is 3.28. The highest BCUT2D eigenvalue weighted by Crippen LogP contribution is 1.99. The smallest absolute Gasteiger partial charge is 0.236 e. The summed E-state index contributed by atoms with van der Waals surface area (Å²) in [7, 11) is 3.72. The van der Waals surface area contributed by atoms with Crippen LogP contribution in [0.2, 0.25) is 0 Å². The fourth-order valence-corrected chi connectivity index (χ4v) is 0.598. The second-order valence-electron chi connectivity index (χ2n) is 1.83. The molecular weight excluding hydrogens is 104 g/mol. The van der Waals surface area contributed by atoms with Crippen LogP contribution in [0.5, 0.6) is 5.75 Å². The van der Waals surface area contributed by atoms with Crippen molar-refractivity contribution < 1.29 is 9.79 Å². The maximum absolute atomic E-state index is 8.79. The minimum Gasteiger partial charge on any atom is -0.501 e. The van der Waals surface area contributed by atoms with Crippen LogP contribution in [-0.2, 0) is 14.1 Å². The van der Waals surface area contributed by atoms with Crippen molar-refractivity contribution in [2.75, 3.05) is 0 Å². The van der Waals surface area contributed by atoms with Gasteiger partial charge < -0.3 is 5.11 Å². The van der Waals surface area contributed by atoms with Gasteiger partial charge in [0.15, 0.2) is 7.05 Å². The van der Waals surface area contributed by atoms with Crippen LogP contribution in [0.3, 0.4) is 0 Å². The third kappa shape index (κ3) is 0.665. The highest BCUT2D eigenvalue weighted by atomic mass is 16.3. The predicted molar refractivity (Wildman–Crippen MR) is 28.3 cm³/mol. The Balaban J connectivity index is 3.14. The van der Waals surface area contributed by atoms with Crippen molar-refractivity contribution in [1.29, 1.82) is 0 Å². The quantitative estimate of drug-likeness (QED) is 0.454. The number of rotatable bonds is 0. The van der Waals surface area contributed by atoms with Crippen LogP contribution in [0.15, 0.2) is 12.4 Å². The summed E-state index contributed by atoms with van der Waals surface area (Å²) >= 11 is 0. The Morgan fingerprint density at radius 2 is 2.38 bits per heavy atom. The number of aryl methyl sites for hydroxylation is 2. The molecule has 0 bridgehead atoms. The predicted octanol–water partition coefficient (Wildman–Crippen LogP) is -0.445. The molecule has 0 aliphatic carbocycles. The molecule has 0 aliphatic rings. The zero-order valence-electron chi connectivity index (χ0n) is 5.00.